The van der Waals surface area contributed by atoms with E-state index < -0.39 is 5.92 Å². The molecule has 0 fully saturated rings. The summed E-state index contributed by atoms with van der Waals surface area (Å²) in [5.74, 6) is -0.639. The van der Waals surface area contributed by atoms with E-state index in [9.17, 15) is 14.0 Å². The lowest BCUT2D eigenvalue weighted by molar-refractivity contribution is -0.148. The summed E-state index contributed by atoms with van der Waals surface area (Å²) >= 11 is 0. The van der Waals surface area contributed by atoms with Crippen molar-refractivity contribution >= 4 is 16.9 Å². The number of benzene rings is 1. The number of fused-ring (bicyclic) bond motifs is 5. The highest BCUT2D eigenvalue weighted by Gasteiger charge is 2.36. The Bertz CT molecular complexity index is 1390. The van der Waals surface area contributed by atoms with Gasteiger partial charge in [-0.05, 0) is 60.4 Å². The molecule has 0 radical (unpaired) electrons. The second-order valence-corrected chi connectivity index (χ2v) is 9.07. The molecule has 0 saturated heterocycles. The standard InChI is InChI=1S/C25H23FN2O3/c1-4-13-15-7-20-23-16(9-28(20)24(29)17(15)10-31-25(13)30)21-11(2)5-6-14-12(3)18(26)8-19(27-23)22(14)21/h7-8,11,13H,4-6,9-10H2,1-3H3/t11-,13+/m0/s1. The van der Waals surface area contributed by atoms with Gasteiger partial charge in [0.05, 0.1) is 34.9 Å². The summed E-state index contributed by atoms with van der Waals surface area (Å²) in [4.78, 5) is 30.6. The summed E-state index contributed by atoms with van der Waals surface area (Å²) in [5, 5.41) is 1.06. The summed E-state index contributed by atoms with van der Waals surface area (Å²) in [6, 6.07) is 3.48. The number of esters is 1. The minimum absolute atomic E-state index is 0.0212. The van der Waals surface area contributed by atoms with E-state index >= 15 is 0 Å². The molecule has 2 atom stereocenters. The van der Waals surface area contributed by atoms with E-state index in [1.807, 2.05) is 19.9 Å². The third-order valence-corrected chi connectivity index (χ3v) is 7.49. The third kappa shape index (κ3) is 2.33. The molecular weight excluding hydrogens is 395 g/mol. The highest BCUT2D eigenvalue weighted by molar-refractivity contribution is 5.93. The van der Waals surface area contributed by atoms with Crippen LogP contribution in [0.25, 0.3) is 22.3 Å². The molecule has 6 heteroatoms. The van der Waals surface area contributed by atoms with Crippen LogP contribution in [0.1, 0.15) is 71.9 Å². The zero-order valence-electron chi connectivity index (χ0n) is 17.8. The van der Waals surface area contributed by atoms with Crippen LogP contribution in [0.15, 0.2) is 16.9 Å². The number of pyridine rings is 2. The Labute approximate surface area is 178 Å². The Morgan fingerprint density at radius 1 is 1.23 bits per heavy atom. The van der Waals surface area contributed by atoms with Crippen molar-refractivity contribution in [2.24, 2.45) is 0 Å². The van der Waals surface area contributed by atoms with Crippen LogP contribution in [0.4, 0.5) is 4.39 Å². The van der Waals surface area contributed by atoms with Crippen molar-refractivity contribution in [1.82, 2.24) is 9.55 Å². The van der Waals surface area contributed by atoms with Gasteiger partial charge in [0.15, 0.2) is 0 Å². The normalized spacial score (nSPS) is 21.0. The SMILES string of the molecule is CC[C@H]1C(=O)OCc2c1cc1n(c2=O)Cc2c-1nc1cc(F)c(C)c3c1c2[C@@H](C)CC3. The summed E-state index contributed by atoms with van der Waals surface area (Å²) in [6.45, 7) is 6.44. The van der Waals surface area contributed by atoms with Crippen LogP contribution in [0.3, 0.4) is 0 Å². The number of ether oxygens (including phenoxy) is 1. The fourth-order valence-corrected chi connectivity index (χ4v) is 5.81. The quantitative estimate of drug-likeness (QED) is 0.428. The average molecular weight is 418 g/mol. The number of hydrogen-bond acceptors (Lipinski definition) is 4. The van der Waals surface area contributed by atoms with E-state index in [0.717, 1.165) is 46.3 Å². The maximum absolute atomic E-state index is 14.7. The molecule has 2 aliphatic heterocycles. The molecular formula is C25H23FN2O3. The topological polar surface area (TPSA) is 61.2 Å². The van der Waals surface area contributed by atoms with Crippen molar-refractivity contribution in [3.63, 3.8) is 0 Å². The van der Waals surface area contributed by atoms with Gasteiger partial charge >= 0.3 is 5.97 Å². The second kappa shape index (κ2) is 6.25. The number of cyclic esters (lactones) is 1. The minimum atomic E-state index is -0.434. The van der Waals surface area contributed by atoms with Crippen molar-refractivity contribution in [3.05, 3.63) is 61.7 Å². The third-order valence-electron chi connectivity index (χ3n) is 7.49. The van der Waals surface area contributed by atoms with E-state index in [-0.39, 0.29) is 24.0 Å². The Morgan fingerprint density at radius 3 is 2.81 bits per heavy atom. The highest BCUT2D eigenvalue weighted by Crippen LogP contribution is 2.45. The average Bonchev–Trinajstić information content (AvgIpc) is 3.11. The monoisotopic (exact) mass is 418 g/mol. The zero-order chi connectivity index (χ0) is 21.6. The Morgan fingerprint density at radius 2 is 2.03 bits per heavy atom. The van der Waals surface area contributed by atoms with Gasteiger partial charge in [-0.25, -0.2) is 9.37 Å². The predicted molar refractivity (Wildman–Crippen MR) is 115 cm³/mol. The van der Waals surface area contributed by atoms with E-state index in [0.29, 0.717) is 35.5 Å². The maximum atomic E-state index is 14.7. The van der Waals surface area contributed by atoms with Crippen molar-refractivity contribution in [2.75, 3.05) is 0 Å². The lowest BCUT2D eigenvalue weighted by Crippen LogP contribution is -2.32. The van der Waals surface area contributed by atoms with Crippen LogP contribution in [0.5, 0.6) is 0 Å². The van der Waals surface area contributed by atoms with Crippen LogP contribution in [0.2, 0.25) is 0 Å². The van der Waals surface area contributed by atoms with Gasteiger partial charge in [0, 0.05) is 17.0 Å². The maximum Gasteiger partial charge on any atom is 0.313 e. The Balaban J connectivity index is 1.69. The first-order valence-corrected chi connectivity index (χ1v) is 11.0. The molecule has 0 spiro atoms. The lowest BCUT2D eigenvalue weighted by Gasteiger charge is -2.26. The smallest absolute Gasteiger partial charge is 0.313 e. The van der Waals surface area contributed by atoms with Gasteiger partial charge in [0.2, 0.25) is 0 Å². The first-order chi connectivity index (χ1) is 14.9. The van der Waals surface area contributed by atoms with Crippen molar-refractivity contribution in [3.8, 4) is 11.4 Å². The summed E-state index contributed by atoms with van der Waals surface area (Å²) in [5.41, 5.74) is 7.35. The molecule has 158 valence electrons. The zero-order valence-corrected chi connectivity index (χ0v) is 17.8. The van der Waals surface area contributed by atoms with Gasteiger partial charge in [0.25, 0.3) is 5.56 Å². The fourth-order valence-electron chi connectivity index (χ4n) is 5.81. The number of carbonyl (C=O) groups excluding carboxylic acids is 1. The van der Waals surface area contributed by atoms with Crippen molar-refractivity contribution < 1.29 is 13.9 Å². The minimum Gasteiger partial charge on any atom is -0.460 e. The summed E-state index contributed by atoms with van der Waals surface area (Å²) in [6.07, 6.45) is 2.36. The number of halogens is 1. The first-order valence-electron chi connectivity index (χ1n) is 11.0. The van der Waals surface area contributed by atoms with E-state index in [2.05, 4.69) is 6.92 Å². The molecule has 0 bridgehead atoms. The molecule has 3 aliphatic rings. The van der Waals surface area contributed by atoms with Gasteiger partial charge in [-0.15, -0.1) is 0 Å². The van der Waals surface area contributed by atoms with E-state index in [1.165, 1.54) is 11.6 Å². The van der Waals surface area contributed by atoms with Gasteiger partial charge in [0.1, 0.15) is 12.4 Å². The number of nitrogens with zero attached hydrogens (tertiary/aromatic N) is 2. The lowest BCUT2D eigenvalue weighted by atomic mass is 9.79. The summed E-state index contributed by atoms with van der Waals surface area (Å²) < 4.78 is 21.7. The molecule has 2 aromatic heterocycles. The molecule has 0 unspecified atom stereocenters. The molecule has 4 heterocycles. The summed E-state index contributed by atoms with van der Waals surface area (Å²) in [7, 11) is 0. The second-order valence-electron chi connectivity index (χ2n) is 9.07. The van der Waals surface area contributed by atoms with E-state index in [1.54, 1.807) is 4.57 Å². The van der Waals surface area contributed by atoms with Crippen molar-refractivity contribution in [2.45, 2.75) is 65.0 Å². The molecule has 3 aromatic rings. The highest BCUT2D eigenvalue weighted by atomic mass is 19.1. The predicted octanol–water partition coefficient (Wildman–Crippen LogP) is 4.47. The number of hydrogen-bond donors (Lipinski definition) is 0. The Hall–Kier alpha value is -3.02. The van der Waals surface area contributed by atoms with E-state index in [4.69, 9.17) is 9.72 Å². The van der Waals surface area contributed by atoms with Gasteiger partial charge < -0.3 is 9.30 Å². The van der Waals surface area contributed by atoms with Crippen LogP contribution in [-0.4, -0.2) is 15.5 Å². The number of aryl methyl sites for hydroxylation is 1. The number of aromatic nitrogens is 2. The molecule has 1 aliphatic carbocycles. The largest absolute Gasteiger partial charge is 0.460 e. The molecule has 1 aromatic carbocycles. The Kier molecular flexibility index (Phi) is 3.78. The van der Waals surface area contributed by atoms with Gasteiger partial charge in [-0.1, -0.05) is 13.8 Å². The molecule has 0 saturated carbocycles. The van der Waals surface area contributed by atoms with Gasteiger partial charge in [-0.3, -0.25) is 9.59 Å². The van der Waals surface area contributed by atoms with Crippen LogP contribution >= 0.6 is 0 Å². The van der Waals surface area contributed by atoms with Gasteiger partial charge in [-0.2, -0.15) is 0 Å². The first kappa shape index (κ1) is 18.7. The molecule has 5 nitrogen and oxygen atoms in total. The fraction of sp³-hybridized carbons (Fsp3) is 0.400. The number of rotatable bonds is 1. The molecule has 31 heavy (non-hydrogen) atoms. The molecule has 0 N–H and O–H groups in total. The van der Waals surface area contributed by atoms with Crippen LogP contribution in [0, 0.1) is 12.7 Å². The molecule has 6 rings (SSSR count). The van der Waals surface area contributed by atoms with Crippen molar-refractivity contribution in [1.29, 1.82) is 0 Å². The van der Waals surface area contributed by atoms with Crippen LogP contribution < -0.4 is 5.56 Å². The molecule has 0 amide bonds. The van der Waals surface area contributed by atoms with Crippen LogP contribution in [-0.2, 0) is 29.1 Å². The number of carbonyl (C=O) groups is 1.